The van der Waals surface area contributed by atoms with E-state index in [1.54, 1.807) is 0 Å². The highest BCUT2D eigenvalue weighted by molar-refractivity contribution is 5.88. The van der Waals surface area contributed by atoms with Gasteiger partial charge >= 0.3 is 5.97 Å². The van der Waals surface area contributed by atoms with E-state index in [1.165, 1.54) is 61.5 Å². The van der Waals surface area contributed by atoms with Crippen LogP contribution < -0.4 is 10.2 Å². The molecule has 0 radical (unpaired) electrons. The number of rotatable bonds is 15. The maximum absolute atomic E-state index is 14.6. The van der Waals surface area contributed by atoms with Crippen LogP contribution >= 0.6 is 0 Å². The number of phenolic OH excluding ortho intramolecular Hbond substituents is 4. The second kappa shape index (κ2) is 23.3. The van der Waals surface area contributed by atoms with Crippen LogP contribution in [0.25, 0.3) is 28.4 Å². The summed E-state index contributed by atoms with van der Waals surface area (Å²) in [6, 6.07) is 12.3. The van der Waals surface area contributed by atoms with Gasteiger partial charge in [-0.3, -0.25) is 4.79 Å². The fourth-order valence-corrected chi connectivity index (χ4v) is 8.78. The number of aliphatic hydroxyl groups is 11. The number of carbonyl (C=O) groups excluding carboxylic acids is 1. The quantitative estimate of drug-likeness (QED) is 0.0401. The molecule has 27 nitrogen and oxygen atoms in total. The molecule has 20 unspecified atom stereocenters. The molecule has 4 aliphatic heterocycles. The average Bonchev–Trinajstić information content (AvgIpc) is 3.38. The van der Waals surface area contributed by atoms with Crippen LogP contribution in [0.3, 0.4) is 0 Å². The van der Waals surface area contributed by atoms with Crippen LogP contribution in [-0.2, 0) is 42.7 Å². The highest BCUT2D eigenvalue weighted by atomic mass is 16.8. The van der Waals surface area contributed by atoms with Crippen molar-refractivity contribution in [1.29, 1.82) is 0 Å². The van der Waals surface area contributed by atoms with Crippen molar-refractivity contribution in [2.75, 3.05) is 19.8 Å². The summed E-state index contributed by atoms with van der Waals surface area (Å²) in [5.41, 5.74) is -1.11. The summed E-state index contributed by atoms with van der Waals surface area (Å²) >= 11 is 0. The number of hydrogen-bond acceptors (Lipinski definition) is 27. The Labute approximate surface area is 422 Å². The lowest BCUT2D eigenvalue weighted by atomic mass is 9.96. The Bertz CT molecular complexity index is 2660. The van der Waals surface area contributed by atoms with Gasteiger partial charge in [0.25, 0.3) is 0 Å². The summed E-state index contributed by atoms with van der Waals surface area (Å²) in [6.07, 6.45) is -35.6. The lowest BCUT2D eigenvalue weighted by Gasteiger charge is -2.47. The average molecular weight is 1060 g/mol. The largest absolute Gasteiger partial charge is 0.508 e. The highest BCUT2D eigenvalue weighted by Crippen LogP contribution is 2.40. The zero-order valence-corrected chi connectivity index (χ0v) is 39.2. The number of aliphatic hydroxyl groups excluding tert-OH is 11. The number of hydrogen-bond donors (Lipinski definition) is 15. The van der Waals surface area contributed by atoms with Crippen LogP contribution in [-0.4, -0.2) is 225 Å². The third-order valence-electron chi connectivity index (χ3n) is 12.9. The van der Waals surface area contributed by atoms with Crippen LogP contribution in [0.5, 0.6) is 28.7 Å². The van der Waals surface area contributed by atoms with E-state index in [9.17, 15) is 86.2 Å². The molecule has 4 aliphatic rings. The van der Waals surface area contributed by atoms with E-state index in [0.29, 0.717) is 5.56 Å². The third-order valence-corrected chi connectivity index (χ3v) is 12.9. The molecule has 410 valence electrons. The fourth-order valence-electron chi connectivity index (χ4n) is 8.78. The number of phenols is 4. The van der Waals surface area contributed by atoms with Gasteiger partial charge in [0, 0.05) is 23.8 Å². The number of aromatic hydroxyl groups is 4. The van der Waals surface area contributed by atoms with E-state index in [-0.39, 0.29) is 22.6 Å². The van der Waals surface area contributed by atoms with Crippen molar-refractivity contribution in [2.45, 2.75) is 130 Å². The van der Waals surface area contributed by atoms with Gasteiger partial charge in [-0.25, -0.2) is 4.79 Å². The molecule has 3 aromatic carbocycles. The van der Waals surface area contributed by atoms with Gasteiger partial charge in [-0.05, 0) is 55.0 Å². The lowest BCUT2D eigenvalue weighted by molar-refractivity contribution is -0.368. The molecule has 27 heteroatoms. The molecule has 0 amide bonds. The van der Waals surface area contributed by atoms with Crippen molar-refractivity contribution >= 4 is 23.0 Å². The number of ether oxygens (including phenoxy) is 9. The van der Waals surface area contributed by atoms with Gasteiger partial charge in [0.1, 0.15) is 119 Å². The van der Waals surface area contributed by atoms with E-state index in [1.807, 2.05) is 0 Å². The zero-order valence-electron chi connectivity index (χ0n) is 39.2. The molecule has 0 bridgehead atoms. The molecule has 8 rings (SSSR count). The summed E-state index contributed by atoms with van der Waals surface area (Å²) in [7, 11) is 0. The van der Waals surface area contributed by atoms with Crippen molar-refractivity contribution in [3.8, 4) is 40.1 Å². The van der Waals surface area contributed by atoms with Gasteiger partial charge in [0.2, 0.25) is 17.5 Å². The van der Waals surface area contributed by atoms with Crippen LogP contribution in [0.2, 0.25) is 0 Å². The first-order valence-corrected chi connectivity index (χ1v) is 23.2. The summed E-state index contributed by atoms with van der Waals surface area (Å²) in [6.45, 7) is -1.36. The Morgan fingerprint density at radius 2 is 1.15 bits per heavy atom. The summed E-state index contributed by atoms with van der Waals surface area (Å²) in [5, 5.41) is 159. The smallest absolute Gasteiger partial charge is 0.331 e. The van der Waals surface area contributed by atoms with Gasteiger partial charge in [-0.2, -0.15) is 0 Å². The molecule has 20 atom stereocenters. The second-order valence-corrected chi connectivity index (χ2v) is 18.1. The van der Waals surface area contributed by atoms with Gasteiger partial charge in [-0.1, -0.05) is 12.1 Å². The summed E-state index contributed by atoms with van der Waals surface area (Å²) in [5.74, 6) is -4.10. The van der Waals surface area contributed by atoms with E-state index in [0.717, 1.165) is 18.2 Å². The molecule has 1 aromatic heterocycles. The molecule has 0 aliphatic carbocycles. The van der Waals surface area contributed by atoms with Crippen molar-refractivity contribution in [1.82, 2.24) is 0 Å². The van der Waals surface area contributed by atoms with E-state index in [2.05, 4.69) is 0 Å². The van der Waals surface area contributed by atoms with Gasteiger partial charge in [0.05, 0.1) is 25.9 Å². The molecule has 15 N–H and O–H groups in total. The molecular formula is C48H56O27. The van der Waals surface area contributed by atoms with Crippen molar-refractivity contribution < 1.29 is 128 Å². The molecule has 5 heterocycles. The minimum atomic E-state index is -2.21. The predicted octanol–water partition coefficient (Wildman–Crippen LogP) is -3.77. The van der Waals surface area contributed by atoms with Crippen molar-refractivity contribution in [2.24, 2.45) is 0 Å². The Morgan fingerprint density at radius 1 is 0.587 bits per heavy atom. The minimum Gasteiger partial charge on any atom is -0.508 e. The lowest BCUT2D eigenvalue weighted by Crippen LogP contribution is -2.66. The minimum absolute atomic E-state index is 0.0279. The van der Waals surface area contributed by atoms with Gasteiger partial charge < -0.3 is 124 Å². The highest BCUT2D eigenvalue weighted by Gasteiger charge is 2.55. The maximum Gasteiger partial charge on any atom is 0.331 e. The Balaban J connectivity index is 1.18. The molecule has 0 saturated carbocycles. The van der Waals surface area contributed by atoms with Crippen molar-refractivity contribution in [3.63, 3.8) is 0 Å². The second-order valence-electron chi connectivity index (χ2n) is 18.1. The molecule has 75 heavy (non-hydrogen) atoms. The fraction of sp³-hybridized carbons (Fsp3) is 0.500. The number of esters is 1. The molecule has 4 fully saturated rings. The number of carbonyl (C=O) groups is 1. The molecule has 4 aromatic rings. The third kappa shape index (κ3) is 11.7. The predicted molar refractivity (Wildman–Crippen MR) is 245 cm³/mol. The van der Waals surface area contributed by atoms with Crippen LogP contribution in [0, 0.1) is 0 Å². The van der Waals surface area contributed by atoms with E-state index < -0.39 is 182 Å². The first kappa shape index (κ1) is 55.6. The standard InChI is InChI=1S/C48H56O27/c1-17-30(56)41(73-46-37(63)35(61)31(57)25(14-49)69-46)39(65)45(67-17)66-16-27-33(59)42(74-47-38(64)36(62)32(58)26(15-50)70-47)44(72-28(55)11-4-18-2-7-20(51)8-3-18)48(71-27)75-43-34(60)29-23(54)12-22(53)13-24(29)68-40(43)19-5-9-21(52)10-6-19/h2-13,17,25-27,30-33,35-39,41-42,44-54,56-59,61-65H,14-16H2,1H3. The molecule has 0 spiro atoms. The summed E-state index contributed by atoms with van der Waals surface area (Å²) in [4.78, 5) is 28.4. The summed E-state index contributed by atoms with van der Waals surface area (Å²) < 4.78 is 58.8. The first-order chi connectivity index (χ1) is 35.7. The maximum atomic E-state index is 14.6. The van der Waals surface area contributed by atoms with Gasteiger partial charge in [-0.15, -0.1) is 0 Å². The van der Waals surface area contributed by atoms with Crippen LogP contribution in [0.1, 0.15) is 12.5 Å². The van der Waals surface area contributed by atoms with E-state index in [4.69, 9.17) is 47.0 Å². The SMILES string of the molecule is CC1OC(OCC2OC(Oc3c(-c4ccc(O)cc4)oc4cc(O)cc(O)c4c3=O)C(OC(=O)C=Cc3ccc(O)cc3)C(OC3OC(CO)C(O)C(O)C3O)C2O)C(O)C(OC2OC(CO)C(O)C(O)C2O)C1O. The van der Waals surface area contributed by atoms with Crippen LogP contribution in [0.4, 0.5) is 0 Å². The topological polar surface area (TPSA) is 434 Å². The molecule has 4 saturated heterocycles. The van der Waals surface area contributed by atoms with Crippen molar-refractivity contribution in [3.05, 3.63) is 82.5 Å². The zero-order chi connectivity index (χ0) is 54.2. The Hall–Kier alpha value is -5.64. The van der Waals surface area contributed by atoms with E-state index >= 15 is 0 Å². The monoisotopic (exact) mass is 1060 g/mol. The normalized spacial score (nSPS) is 36.4. The Kier molecular flexibility index (Phi) is 17.3. The van der Waals surface area contributed by atoms with Gasteiger partial charge in [0.15, 0.2) is 30.7 Å². The van der Waals surface area contributed by atoms with Crippen LogP contribution in [0.15, 0.2) is 76.0 Å². The number of fused-ring (bicyclic) bond motifs is 1. The molecular weight excluding hydrogens is 1010 g/mol. The Morgan fingerprint density at radius 3 is 1.73 bits per heavy atom. The first-order valence-electron chi connectivity index (χ1n) is 23.2. The number of benzene rings is 3.